The van der Waals surface area contributed by atoms with Crippen LogP contribution in [0, 0.1) is 6.92 Å². The molecule has 5 nitrogen and oxygen atoms in total. The molecule has 0 bridgehead atoms. The summed E-state index contributed by atoms with van der Waals surface area (Å²) in [6, 6.07) is 18.0. The number of nitrogens with one attached hydrogen (secondary N) is 2. The number of para-hydroxylation sites is 3. The molecule has 2 N–H and O–H groups in total. The molecular formula is C19H16N2O3. The molecule has 2 aromatic carbocycles. The van der Waals surface area contributed by atoms with E-state index in [-0.39, 0.29) is 5.56 Å². The molecule has 1 aromatic heterocycles. The maximum atomic E-state index is 12.5. The number of pyridine rings is 1. The number of aromatic amines is 1. The minimum atomic E-state index is -0.474. The summed E-state index contributed by atoms with van der Waals surface area (Å²) in [6.45, 7) is 1.72. The number of amides is 1. The van der Waals surface area contributed by atoms with Crippen LogP contribution in [0.4, 0.5) is 5.69 Å². The van der Waals surface area contributed by atoms with E-state index >= 15 is 0 Å². The van der Waals surface area contributed by atoms with Crippen LogP contribution in [0.3, 0.4) is 0 Å². The molecule has 120 valence electrons. The molecular weight excluding hydrogens is 304 g/mol. The van der Waals surface area contributed by atoms with Crippen LogP contribution in [0.15, 0.2) is 71.7 Å². The predicted octanol–water partition coefficient (Wildman–Crippen LogP) is 3.73. The Morgan fingerprint density at radius 2 is 1.71 bits per heavy atom. The van der Waals surface area contributed by atoms with E-state index in [0.29, 0.717) is 22.7 Å². The second-order valence-electron chi connectivity index (χ2n) is 5.23. The molecule has 0 aliphatic heterocycles. The number of ether oxygens (including phenoxy) is 1. The van der Waals surface area contributed by atoms with Gasteiger partial charge in [0.2, 0.25) is 0 Å². The minimum Gasteiger partial charge on any atom is -0.455 e. The van der Waals surface area contributed by atoms with E-state index in [2.05, 4.69) is 10.3 Å². The van der Waals surface area contributed by atoms with E-state index in [9.17, 15) is 9.59 Å². The van der Waals surface area contributed by atoms with Crippen molar-refractivity contribution in [2.45, 2.75) is 6.92 Å². The van der Waals surface area contributed by atoms with E-state index in [1.807, 2.05) is 36.4 Å². The first kappa shape index (κ1) is 15.6. The van der Waals surface area contributed by atoms with Crippen molar-refractivity contribution in [2.75, 3.05) is 5.32 Å². The topological polar surface area (TPSA) is 71.2 Å². The molecule has 0 aliphatic carbocycles. The lowest BCUT2D eigenvalue weighted by Crippen LogP contribution is -2.24. The second kappa shape index (κ2) is 6.83. The number of anilines is 1. The maximum Gasteiger partial charge on any atom is 0.261 e. The average Bonchev–Trinajstić information content (AvgIpc) is 2.57. The van der Waals surface area contributed by atoms with Gasteiger partial charge in [-0.05, 0) is 42.8 Å². The first-order valence-electron chi connectivity index (χ1n) is 7.47. The molecule has 0 saturated carbocycles. The smallest absolute Gasteiger partial charge is 0.261 e. The van der Waals surface area contributed by atoms with Gasteiger partial charge in [-0.1, -0.05) is 30.3 Å². The zero-order valence-corrected chi connectivity index (χ0v) is 13.1. The van der Waals surface area contributed by atoms with Crippen molar-refractivity contribution in [1.29, 1.82) is 0 Å². The summed E-state index contributed by atoms with van der Waals surface area (Å²) < 4.78 is 5.81. The zero-order chi connectivity index (χ0) is 16.9. The van der Waals surface area contributed by atoms with Crippen LogP contribution < -0.4 is 15.6 Å². The van der Waals surface area contributed by atoms with Crippen molar-refractivity contribution in [1.82, 2.24) is 4.98 Å². The second-order valence-corrected chi connectivity index (χ2v) is 5.23. The van der Waals surface area contributed by atoms with Crippen LogP contribution in [0.25, 0.3) is 0 Å². The molecule has 5 heteroatoms. The summed E-state index contributed by atoms with van der Waals surface area (Å²) in [4.78, 5) is 26.9. The quantitative estimate of drug-likeness (QED) is 0.769. The van der Waals surface area contributed by atoms with Crippen molar-refractivity contribution < 1.29 is 9.53 Å². The van der Waals surface area contributed by atoms with Gasteiger partial charge >= 0.3 is 0 Å². The Morgan fingerprint density at radius 1 is 1.00 bits per heavy atom. The van der Waals surface area contributed by atoms with Crippen molar-refractivity contribution >= 4 is 11.6 Å². The number of carbonyl (C=O) groups excluding carboxylic acids is 1. The fourth-order valence-corrected chi connectivity index (χ4v) is 2.32. The van der Waals surface area contributed by atoms with Gasteiger partial charge in [0.15, 0.2) is 5.75 Å². The van der Waals surface area contributed by atoms with Crippen LogP contribution in [-0.2, 0) is 0 Å². The lowest BCUT2D eigenvalue weighted by atomic mass is 10.1. The third-order valence-electron chi connectivity index (χ3n) is 3.50. The van der Waals surface area contributed by atoms with Gasteiger partial charge in [-0.2, -0.15) is 0 Å². The molecule has 1 heterocycles. The highest BCUT2D eigenvalue weighted by molar-refractivity contribution is 6.05. The summed E-state index contributed by atoms with van der Waals surface area (Å²) in [6.07, 6.45) is 1.51. The Balaban J connectivity index is 1.88. The fraction of sp³-hybridized carbons (Fsp3) is 0.0526. The molecule has 0 atom stereocenters. The summed E-state index contributed by atoms with van der Waals surface area (Å²) in [5.41, 5.74) is 0.771. The molecule has 0 aliphatic rings. The van der Waals surface area contributed by atoms with E-state index in [0.717, 1.165) is 0 Å². The normalized spacial score (nSPS) is 10.2. The number of carbonyl (C=O) groups is 1. The van der Waals surface area contributed by atoms with Crippen LogP contribution >= 0.6 is 0 Å². The Kier molecular flexibility index (Phi) is 4.43. The van der Waals surface area contributed by atoms with Gasteiger partial charge in [0.1, 0.15) is 11.3 Å². The molecule has 0 fully saturated rings. The van der Waals surface area contributed by atoms with Gasteiger partial charge in [-0.15, -0.1) is 0 Å². The van der Waals surface area contributed by atoms with Crippen molar-refractivity contribution in [2.24, 2.45) is 0 Å². The van der Waals surface area contributed by atoms with Gasteiger partial charge in [0, 0.05) is 6.20 Å². The molecule has 0 radical (unpaired) electrons. The highest BCUT2D eigenvalue weighted by atomic mass is 16.5. The number of hydrogen-bond acceptors (Lipinski definition) is 3. The Bertz CT molecular complexity index is 917. The third kappa shape index (κ3) is 3.35. The number of hydrogen-bond donors (Lipinski definition) is 2. The first-order valence-corrected chi connectivity index (χ1v) is 7.47. The average molecular weight is 320 g/mol. The fourth-order valence-electron chi connectivity index (χ4n) is 2.32. The number of aromatic nitrogens is 1. The number of H-pyrrole nitrogens is 1. The Labute approximate surface area is 138 Å². The highest BCUT2D eigenvalue weighted by Crippen LogP contribution is 2.29. The molecule has 3 aromatic rings. The van der Waals surface area contributed by atoms with E-state index in [1.54, 1.807) is 31.2 Å². The minimum absolute atomic E-state index is 0.0898. The van der Waals surface area contributed by atoms with E-state index < -0.39 is 11.5 Å². The molecule has 1 amide bonds. The molecule has 0 saturated heterocycles. The monoisotopic (exact) mass is 320 g/mol. The SMILES string of the molecule is Cc1cc[nH]c(=O)c1C(=O)Nc1ccccc1Oc1ccccc1. The lowest BCUT2D eigenvalue weighted by molar-refractivity contribution is 0.102. The standard InChI is InChI=1S/C19H16N2O3/c1-13-11-12-20-18(22)17(13)19(23)21-15-9-5-6-10-16(15)24-14-7-3-2-4-8-14/h2-12H,1H3,(H,20,22)(H,21,23). The van der Waals surface area contributed by atoms with Gasteiger partial charge in [-0.3, -0.25) is 9.59 Å². The molecule has 24 heavy (non-hydrogen) atoms. The van der Waals surface area contributed by atoms with E-state index in [4.69, 9.17) is 4.74 Å². The van der Waals surface area contributed by atoms with Crippen LogP contribution in [0.2, 0.25) is 0 Å². The van der Waals surface area contributed by atoms with Gasteiger partial charge < -0.3 is 15.0 Å². The van der Waals surface area contributed by atoms with Gasteiger partial charge in [-0.25, -0.2) is 0 Å². The number of aryl methyl sites for hydroxylation is 1. The van der Waals surface area contributed by atoms with E-state index in [1.165, 1.54) is 6.20 Å². The first-order chi connectivity index (χ1) is 11.6. The summed E-state index contributed by atoms with van der Waals surface area (Å²) >= 11 is 0. The van der Waals surface area contributed by atoms with Crippen molar-refractivity contribution in [3.63, 3.8) is 0 Å². The largest absolute Gasteiger partial charge is 0.455 e. The summed E-state index contributed by atoms with van der Waals surface area (Å²) in [7, 11) is 0. The number of rotatable bonds is 4. The van der Waals surface area contributed by atoms with Crippen molar-refractivity contribution in [3.05, 3.63) is 88.3 Å². The van der Waals surface area contributed by atoms with Gasteiger partial charge in [0.05, 0.1) is 5.69 Å². The lowest BCUT2D eigenvalue weighted by Gasteiger charge is -2.12. The third-order valence-corrected chi connectivity index (χ3v) is 3.50. The summed E-state index contributed by atoms with van der Waals surface area (Å²) in [5, 5.41) is 2.74. The van der Waals surface area contributed by atoms with Gasteiger partial charge in [0.25, 0.3) is 11.5 Å². The van der Waals surface area contributed by atoms with Crippen LogP contribution in [0.5, 0.6) is 11.5 Å². The van der Waals surface area contributed by atoms with Crippen LogP contribution in [-0.4, -0.2) is 10.9 Å². The number of benzene rings is 2. The molecule has 0 unspecified atom stereocenters. The summed E-state index contributed by atoms with van der Waals surface area (Å²) in [5.74, 6) is 0.688. The Hall–Kier alpha value is -3.34. The van der Waals surface area contributed by atoms with Crippen LogP contribution in [0.1, 0.15) is 15.9 Å². The Morgan fingerprint density at radius 3 is 2.46 bits per heavy atom. The molecule has 3 rings (SSSR count). The van der Waals surface area contributed by atoms with Crippen molar-refractivity contribution in [3.8, 4) is 11.5 Å². The highest BCUT2D eigenvalue weighted by Gasteiger charge is 2.15. The predicted molar refractivity (Wildman–Crippen MR) is 92.7 cm³/mol. The molecule has 0 spiro atoms. The maximum absolute atomic E-state index is 12.5. The zero-order valence-electron chi connectivity index (χ0n) is 13.1.